The van der Waals surface area contributed by atoms with Crippen LogP contribution in [0.25, 0.3) is 0 Å². The average molecular weight is 349 g/mol. The SMILES string of the molecule is CCC(CC)C(Cl)CNC(=O)c1cc(Br)ccc1O. The second-order valence-corrected chi connectivity index (χ2v) is 5.94. The zero-order valence-corrected chi connectivity index (χ0v) is 13.5. The van der Waals surface area contributed by atoms with Crippen LogP contribution in [-0.4, -0.2) is 22.9 Å². The summed E-state index contributed by atoms with van der Waals surface area (Å²) in [5.74, 6) is 0.0443. The first-order valence-electron chi connectivity index (χ1n) is 6.40. The molecule has 1 rings (SSSR count). The van der Waals surface area contributed by atoms with E-state index in [4.69, 9.17) is 11.6 Å². The van der Waals surface area contributed by atoms with E-state index in [0.717, 1.165) is 17.3 Å². The Morgan fingerprint density at radius 2 is 2.05 bits per heavy atom. The van der Waals surface area contributed by atoms with E-state index in [9.17, 15) is 9.90 Å². The molecule has 1 amide bonds. The van der Waals surface area contributed by atoms with E-state index in [2.05, 4.69) is 35.1 Å². The maximum absolute atomic E-state index is 12.0. The molecule has 1 unspecified atom stereocenters. The van der Waals surface area contributed by atoms with E-state index in [0.29, 0.717) is 12.5 Å². The van der Waals surface area contributed by atoms with Crippen molar-refractivity contribution in [3.05, 3.63) is 28.2 Å². The minimum atomic E-state index is -0.310. The van der Waals surface area contributed by atoms with E-state index in [1.807, 2.05) is 0 Å². The first-order chi connectivity index (χ1) is 8.99. The third-order valence-electron chi connectivity index (χ3n) is 3.22. The van der Waals surface area contributed by atoms with Crippen molar-refractivity contribution in [2.75, 3.05) is 6.54 Å². The van der Waals surface area contributed by atoms with E-state index >= 15 is 0 Å². The highest BCUT2D eigenvalue weighted by molar-refractivity contribution is 9.10. The molecule has 0 bridgehead atoms. The minimum absolute atomic E-state index is 0.0330. The average Bonchev–Trinajstić information content (AvgIpc) is 2.40. The molecule has 19 heavy (non-hydrogen) atoms. The van der Waals surface area contributed by atoms with Crippen LogP contribution in [0.5, 0.6) is 5.75 Å². The maximum Gasteiger partial charge on any atom is 0.255 e. The predicted octanol–water partition coefficient (Wildman–Crippen LogP) is 3.93. The van der Waals surface area contributed by atoms with Gasteiger partial charge in [0.05, 0.1) is 10.9 Å². The molecule has 0 aromatic heterocycles. The summed E-state index contributed by atoms with van der Waals surface area (Å²) in [4.78, 5) is 12.0. The summed E-state index contributed by atoms with van der Waals surface area (Å²) in [6, 6.07) is 4.75. The number of benzene rings is 1. The van der Waals surface area contributed by atoms with Crippen LogP contribution in [0.4, 0.5) is 0 Å². The number of alkyl halides is 1. The first-order valence-corrected chi connectivity index (χ1v) is 7.63. The summed E-state index contributed by atoms with van der Waals surface area (Å²) >= 11 is 9.54. The number of rotatable bonds is 6. The maximum atomic E-state index is 12.0. The number of phenolic OH excluding ortho intramolecular Hbond substituents is 1. The summed E-state index contributed by atoms with van der Waals surface area (Å²) in [6.45, 7) is 4.58. The van der Waals surface area contributed by atoms with Crippen molar-refractivity contribution in [2.45, 2.75) is 32.1 Å². The van der Waals surface area contributed by atoms with Crippen LogP contribution in [-0.2, 0) is 0 Å². The molecule has 0 radical (unpaired) electrons. The second-order valence-electron chi connectivity index (χ2n) is 4.46. The van der Waals surface area contributed by atoms with Crippen LogP contribution in [0.3, 0.4) is 0 Å². The molecule has 0 aliphatic carbocycles. The van der Waals surface area contributed by atoms with Crippen molar-refractivity contribution in [1.82, 2.24) is 5.32 Å². The quantitative estimate of drug-likeness (QED) is 0.765. The third kappa shape index (κ3) is 4.69. The monoisotopic (exact) mass is 347 g/mol. The number of amides is 1. The van der Waals surface area contributed by atoms with Crippen LogP contribution < -0.4 is 5.32 Å². The Hall–Kier alpha value is -0.740. The number of nitrogens with one attached hydrogen (secondary N) is 1. The van der Waals surface area contributed by atoms with Gasteiger partial charge in [0.15, 0.2) is 0 Å². The number of phenols is 1. The predicted molar refractivity (Wildman–Crippen MR) is 81.9 cm³/mol. The standard InChI is InChI=1S/C14H19BrClNO2/c1-3-9(4-2)12(16)8-17-14(19)11-7-10(15)5-6-13(11)18/h5-7,9,12,18H,3-4,8H2,1-2H3,(H,17,19). The molecular formula is C14H19BrClNO2. The van der Waals surface area contributed by atoms with E-state index < -0.39 is 0 Å². The summed E-state index contributed by atoms with van der Waals surface area (Å²) in [7, 11) is 0. The summed E-state index contributed by atoms with van der Waals surface area (Å²) < 4.78 is 0.748. The Morgan fingerprint density at radius 3 is 2.63 bits per heavy atom. The fraction of sp³-hybridized carbons (Fsp3) is 0.500. The largest absolute Gasteiger partial charge is 0.507 e. The zero-order chi connectivity index (χ0) is 14.4. The normalized spacial score (nSPS) is 12.5. The summed E-state index contributed by atoms with van der Waals surface area (Å²) in [6.07, 6.45) is 1.98. The van der Waals surface area contributed by atoms with Crippen LogP contribution in [0.2, 0.25) is 0 Å². The van der Waals surface area contributed by atoms with Gasteiger partial charge in [-0.25, -0.2) is 0 Å². The molecule has 106 valence electrons. The molecule has 0 aliphatic heterocycles. The first kappa shape index (κ1) is 16.3. The van der Waals surface area contributed by atoms with Crippen LogP contribution in [0, 0.1) is 5.92 Å². The fourth-order valence-electron chi connectivity index (χ4n) is 1.94. The lowest BCUT2D eigenvalue weighted by molar-refractivity contribution is 0.0949. The van der Waals surface area contributed by atoms with Crippen molar-refractivity contribution in [3.63, 3.8) is 0 Å². The van der Waals surface area contributed by atoms with Gasteiger partial charge in [0.1, 0.15) is 5.75 Å². The van der Waals surface area contributed by atoms with Crippen LogP contribution >= 0.6 is 27.5 Å². The van der Waals surface area contributed by atoms with Gasteiger partial charge >= 0.3 is 0 Å². The molecule has 1 aromatic rings. The lowest BCUT2D eigenvalue weighted by Crippen LogP contribution is -2.33. The number of hydrogen-bond donors (Lipinski definition) is 2. The molecule has 5 heteroatoms. The molecule has 0 saturated carbocycles. The van der Waals surface area contributed by atoms with E-state index in [1.54, 1.807) is 12.1 Å². The number of carbonyl (C=O) groups is 1. The van der Waals surface area contributed by atoms with Crippen molar-refractivity contribution >= 4 is 33.4 Å². The number of hydrogen-bond acceptors (Lipinski definition) is 2. The van der Waals surface area contributed by atoms with Gasteiger partial charge in [0.2, 0.25) is 0 Å². The number of aromatic hydroxyl groups is 1. The van der Waals surface area contributed by atoms with Gasteiger partial charge < -0.3 is 10.4 Å². The smallest absolute Gasteiger partial charge is 0.255 e. The summed E-state index contributed by atoms with van der Waals surface area (Å²) in [5, 5.41) is 12.3. The van der Waals surface area contributed by atoms with Crippen molar-refractivity contribution in [2.24, 2.45) is 5.92 Å². The van der Waals surface area contributed by atoms with Crippen molar-refractivity contribution in [3.8, 4) is 5.75 Å². The van der Waals surface area contributed by atoms with Crippen molar-refractivity contribution in [1.29, 1.82) is 0 Å². The Labute approximate surface area is 127 Å². The minimum Gasteiger partial charge on any atom is -0.507 e. The Kier molecular flexibility index (Phi) is 6.66. The van der Waals surface area contributed by atoms with Gasteiger partial charge in [0, 0.05) is 11.0 Å². The number of halogens is 2. The molecular weight excluding hydrogens is 330 g/mol. The molecule has 1 aromatic carbocycles. The van der Waals surface area contributed by atoms with Crippen LogP contribution in [0.15, 0.2) is 22.7 Å². The fourth-order valence-corrected chi connectivity index (χ4v) is 2.74. The topological polar surface area (TPSA) is 49.3 Å². The van der Waals surface area contributed by atoms with E-state index in [1.165, 1.54) is 6.07 Å². The molecule has 0 saturated heterocycles. The van der Waals surface area contributed by atoms with Gasteiger partial charge in [-0.3, -0.25) is 4.79 Å². The molecule has 3 nitrogen and oxygen atoms in total. The Morgan fingerprint density at radius 1 is 1.42 bits per heavy atom. The van der Waals surface area contributed by atoms with Gasteiger partial charge in [-0.1, -0.05) is 42.6 Å². The lowest BCUT2D eigenvalue weighted by atomic mass is 9.99. The second kappa shape index (κ2) is 7.75. The Balaban J connectivity index is 2.63. The Bertz CT molecular complexity index is 435. The third-order valence-corrected chi connectivity index (χ3v) is 4.23. The van der Waals surface area contributed by atoms with E-state index in [-0.39, 0.29) is 22.6 Å². The molecule has 0 fully saturated rings. The molecule has 2 N–H and O–H groups in total. The van der Waals surface area contributed by atoms with Gasteiger partial charge in [-0.05, 0) is 24.1 Å². The van der Waals surface area contributed by atoms with Gasteiger partial charge in [-0.15, -0.1) is 11.6 Å². The zero-order valence-electron chi connectivity index (χ0n) is 11.1. The molecule has 1 atom stereocenters. The highest BCUT2D eigenvalue weighted by Gasteiger charge is 2.18. The highest BCUT2D eigenvalue weighted by Crippen LogP contribution is 2.22. The lowest BCUT2D eigenvalue weighted by Gasteiger charge is -2.19. The molecule has 0 heterocycles. The molecule has 0 spiro atoms. The summed E-state index contributed by atoms with van der Waals surface area (Å²) in [5.41, 5.74) is 0.253. The molecule has 0 aliphatic rings. The van der Waals surface area contributed by atoms with Crippen LogP contribution in [0.1, 0.15) is 37.0 Å². The number of carbonyl (C=O) groups excluding carboxylic acids is 1. The van der Waals surface area contributed by atoms with Gasteiger partial charge in [-0.2, -0.15) is 0 Å². The highest BCUT2D eigenvalue weighted by atomic mass is 79.9. The van der Waals surface area contributed by atoms with Crippen molar-refractivity contribution < 1.29 is 9.90 Å². The van der Waals surface area contributed by atoms with Gasteiger partial charge in [0.25, 0.3) is 5.91 Å².